The number of nitrogens with one attached hydrogen (secondary N) is 1. The summed E-state index contributed by atoms with van der Waals surface area (Å²) >= 11 is 0. The van der Waals surface area contributed by atoms with Crippen LogP contribution in [0.15, 0.2) is 28.9 Å². The van der Waals surface area contributed by atoms with Gasteiger partial charge in [0.2, 0.25) is 5.89 Å². The van der Waals surface area contributed by atoms with Crippen molar-refractivity contribution in [3.8, 4) is 0 Å². The number of pyridine rings is 1. The fourth-order valence-electron chi connectivity index (χ4n) is 1.62. The van der Waals surface area contributed by atoms with Gasteiger partial charge in [-0.1, -0.05) is 5.10 Å². The molecule has 0 atom stereocenters. The van der Waals surface area contributed by atoms with Crippen LogP contribution in [-0.2, 0) is 13.1 Å². The predicted octanol–water partition coefficient (Wildman–Crippen LogP) is 1.21. The van der Waals surface area contributed by atoms with Crippen molar-refractivity contribution >= 4 is 6.01 Å². The Morgan fingerprint density at radius 2 is 2.06 bits per heavy atom. The Hall–Kier alpha value is -1.95. The van der Waals surface area contributed by atoms with Gasteiger partial charge in [0.1, 0.15) is 0 Å². The lowest BCUT2D eigenvalue weighted by atomic mass is 10.2. The van der Waals surface area contributed by atoms with Gasteiger partial charge < -0.3 is 14.6 Å². The van der Waals surface area contributed by atoms with Crippen LogP contribution in [0.5, 0.6) is 0 Å². The number of aromatic nitrogens is 3. The van der Waals surface area contributed by atoms with Gasteiger partial charge in [0.05, 0.1) is 6.54 Å². The van der Waals surface area contributed by atoms with E-state index in [1.54, 1.807) is 12.4 Å². The maximum atomic E-state index is 5.57. The third-order valence-corrected chi connectivity index (χ3v) is 2.56. The quantitative estimate of drug-likeness (QED) is 0.827. The molecule has 0 bridgehead atoms. The van der Waals surface area contributed by atoms with Crippen molar-refractivity contribution in [1.29, 1.82) is 0 Å². The van der Waals surface area contributed by atoms with E-state index in [9.17, 15) is 0 Å². The zero-order valence-electron chi connectivity index (χ0n) is 10.6. The van der Waals surface area contributed by atoms with E-state index in [-0.39, 0.29) is 0 Å². The highest BCUT2D eigenvalue weighted by Crippen LogP contribution is 2.15. The second-order valence-electron chi connectivity index (χ2n) is 3.88. The molecule has 6 nitrogen and oxygen atoms in total. The highest BCUT2D eigenvalue weighted by Gasteiger charge is 2.12. The summed E-state index contributed by atoms with van der Waals surface area (Å²) < 4.78 is 5.57. The van der Waals surface area contributed by atoms with E-state index < -0.39 is 0 Å². The molecule has 0 saturated heterocycles. The first-order valence-corrected chi connectivity index (χ1v) is 5.94. The highest BCUT2D eigenvalue weighted by molar-refractivity contribution is 5.27. The number of nitrogens with zero attached hydrogens (tertiary/aromatic N) is 4. The maximum absolute atomic E-state index is 5.57. The summed E-state index contributed by atoms with van der Waals surface area (Å²) in [5.74, 6) is 0.598. The molecule has 2 rings (SSSR count). The van der Waals surface area contributed by atoms with Crippen molar-refractivity contribution in [2.75, 3.05) is 18.5 Å². The van der Waals surface area contributed by atoms with Gasteiger partial charge in [-0.3, -0.25) is 4.98 Å². The molecule has 1 N–H and O–H groups in total. The van der Waals surface area contributed by atoms with Crippen LogP contribution < -0.4 is 10.2 Å². The minimum Gasteiger partial charge on any atom is -0.407 e. The van der Waals surface area contributed by atoms with E-state index in [0.717, 1.165) is 13.1 Å². The zero-order valence-corrected chi connectivity index (χ0v) is 10.6. The molecule has 6 heteroatoms. The van der Waals surface area contributed by atoms with Crippen LogP contribution in [0.25, 0.3) is 0 Å². The summed E-state index contributed by atoms with van der Waals surface area (Å²) in [5, 5.41) is 11.0. The summed E-state index contributed by atoms with van der Waals surface area (Å²) in [6.45, 7) is 4.19. The van der Waals surface area contributed by atoms with Crippen molar-refractivity contribution in [2.45, 2.75) is 20.0 Å². The summed E-state index contributed by atoms with van der Waals surface area (Å²) in [6.07, 6.45) is 3.56. The average Bonchev–Trinajstić information content (AvgIpc) is 2.86. The standard InChI is InChI=1S/C12H17N5O/c1-3-17(9-10-4-6-14-7-5-10)12-16-15-11(18-12)8-13-2/h4-7,13H,3,8-9H2,1-2H3. The molecule has 0 unspecified atom stereocenters. The van der Waals surface area contributed by atoms with Crippen molar-refractivity contribution in [3.63, 3.8) is 0 Å². The molecular formula is C12H17N5O. The first-order valence-electron chi connectivity index (χ1n) is 5.94. The average molecular weight is 247 g/mol. The van der Waals surface area contributed by atoms with Crippen LogP contribution in [0.1, 0.15) is 18.4 Å². The number of hydrogen-bond acceptors (Lipinski definition) is 6. The lowest BCUT2D eigenvalue weighted by Gasteiger charge is -2.17. The maximum Gasteiger partial charge on any atom is 0.318 e. The van der Waals surface area contributed by atoms with E-state index in [1.807, 2.05) is 24.1 Å². The summed E-state index contributed by atoms with van der Waals surface area (Å²) in [5.41, 5.74) is 1.17. The number of anilines is 1. The smallest absolute Gasteiger partial charge is 0.318 e. The molecule has 0 amide bonds. The fraction of sp³-hybridized carbons (Fsp3) is 0.417. The van der Waals surface area contributed by atoms with Crippen molar-refractivity contribution < 1.29 is 4.42 Å². The third kappa shape index (κ3) is 3.04. The Balaban J connectivity index is 2.08. The van der Waals surface area contributed by atoms with Gasteiger partial charge in [0, 0.05) is 25.5 Å². The van der Waals surface area contributed by atoms with Crippen LogP contribution in [0, 0.1) is 0 Å². The number of rotatable bonds is 6. The molecule has 0 fully saturated rings. The summed E-state index contributed by atoms with van der Waals surface area (Å²) in [6, 6.07) is 4.51. The predicted molar refractivity (Wildman–Crippen MR) is 68.0 cm³/mol. The van der Waals surface area contributed by atoms with Crippen molar-refractivity contribution in [1.82, 2.24) is 20.5 Å². The molecule has 0 aliphatic rings. The van der Waals surface area contributed by atoms with E-state index in [1.165, 1.54) is 5.56 Å². The van der Waals surface area contributed by atoms with Crippen LogP contribution in [0.2, 0.25) is 0 Å². The molecule has 0 aliphatic heterocycles. The minimum atomic E-state index is 0.555. The Kier molecular flexibility index (Phi) is 4.25. The Labute approximate surface area is 106 Å². The van der Waals surface area contributed by atoms with E-state index in [0.29, 0.717) is 18.5 Å². The molecule has 18 heavy (non-hydrogen) atoms. The highest BCUT2D eigenvalue weighted by atomic mass is 16.4. The van der Waals surface area contributed by atoms with Crippen LogP contribution >= 0.6 is 0 Å². The van der Waals surface area contributed by atoms with Gasteiger partial charge in [-0.05, 0) is 31.7 Å². The Morgan fingerprint density at radius 3 is 2.72 bits per heavy atom. The van der Waals surface area contributed by atoms with Crippen LogP contribution in [0.3, 0.4) is 0 Å². The van der Waals surface area contributed by atoms with E-state index in [4.69, 9.17) is 4.42 Å². The van der Waals surface area contributed by atoms with Gasteiger partial charge in [-0.15, -0.1) is 5.10 Å². The van der Waals surface area contributed by atoms with Crippen molar-refractivity contribution in [2.24, 2.45) is 0 Å². The Bertz CT molecular complexity index is 470. The van der Waals surface area contributed by atoms with Crippen LogP contribution in [-0.4, -0.2) is 28.8 Å². The molecular weight excluding hydrogens is 230 g/mol. The first-order chi connectivity index (χ1) is 8.83. The lowest BCUT2D eigenvalue weighted by Crippen LogP contribution is -2.22. The number of hydrogen-bond donors (Lipinski definition) is 1. The van der Waals surface area contributed by atoms with E-state index in [2.05, 4.69) is 27.4 Å². The first kappa shape index (κ1) is 12.5. The molecule has 96 valence electrons. The zero-order chi connectivity index (χ0) is 12.8. The normalized spacial score (nSPS) is 10.6. The third-order valence-electron chi connectivity index (χ3n) is 2.56. The SMILES string of the molecule is CCN(Cc1ccncc1)c1nnc(CNC)o1. The van der Waals surface area contributed by atoms with Gasteiger partial charge in [-0.25, -0.2) is 0 Å². The van der Waals surface area contributed by atoms with Gasteiger partial charge >= 0.3 is 6.01 Å². The molecule has 2 aromatic rings. The van der Waals surface area contributed by atoms with Gasteiger partial charge in [0.25, 0.3) is 0 Å². The second kappa shape index (κ2) is 6.11. The lowest BCUT2D eigenvalue weighted by molar-refractivity contribution is 0.471. The molecule has 0 saturated carbocycles. The second-order valence-corrected chi connectivity index (χ2v) is 3.88. The molecule has 0 aromatic carbocycles. The topological polar surface area (TPSA) is 67.1 Å². The summed E-state index contributed by atoms with van der Waals surface area (Å²) in [7, 11) is 1.85. The van der Waals surface area contributed by atoms with Crippen molar-refractivity contribution in [3.05, 3.63) is 36.0 Å². The van der Waals surface area contributed by atoms with Gasteiger partial charge in [-0.2, -0.15) is 0 Å². The van der Waals surface area contributed by atoms with Gasteiger partial charge in [0.15, 0.2) is 0 Å². The molecule has 0 aliphatic carbocycles. The summed E-state index contributed by atoms with van der Waals surface area (Å²) in [4.78, 5) is 6.03. The monoisotopic (exact) mass is 247 g/mol. The van der Waals surface area contributed by atoms with E-state index >= 15 is 0 Å². The largest absolute Gasteiger partial charge is 0.407 e. The fourth-order valence-corrected chi connectivity index (χ4v) is 1.62. The molecule has 2 heterocycles. The van der Waals surface area contributed by atoms with Crippen LogP contribution in [0.4, 0.5) is 6.01 Å². The Morgan fingerprint density at radius 1 is 1.28 bits per heavy atom. The molecule has 2 aromatic heterocycles. The molecule has 0 spiro atoms. The minimum absolute atomic E-state index is 0.555. The molecule has 0 radical (unpaired) electrons.